The van der Waals surface area contributed by atoms with Crippen LogP contribution in [0.1, 0.15) is 12.0 Å². The van der Waals surface area contributed by atoms with E-state index < -0.39 is 0 Å². The highest BCUT2D eigenvalue weighted by Crippen LogP contribution is 2.19. The Morgan fingerprint density at radius 1 is 1.55 bits per heavy atom. The van der Waals surface area contributed by atoms with Gasteiger partial charge in [0.2, 0.25) is 5.28 Å². The van der Waals surface area contributed by atoms with Gasteiger partial charge in [0, 0.05) is 18.3 Å². The van der Waals surface area contributed by atoms with Crippen LogP contribution in [0.5, 0.6) is 0 Å². The molecule has 0 saturated heterocycles. The second kappa shape index (κ2) is 2.66. The molecule has 0 amide bonds. The van der Waals surface area contributed by atoms with Crippen molar-refractivity contribution in [3.8, 4) is 0 Å². The first-order valence-corrected chi connectivity index (χ1v) is 3.99. The zero-order valence-electron chi connectivity index (χ0n) is 5.97. The number of hydrogen-bond donors (Lipinski definition) is 1. The summed E-state index contributed by atoms with van der Waals surface area (Å²) < 4.78 is 0. The molecule has 2 heterocycles. The topological polar surface area (TPSA) is 37.8 Å². The van der Waals surface area contributed by atoms with E-state index >= 15 is 0 Å². The van der Waals surface area contributed by atoms with Crippen LogP contribution in [-0.2, 0) is 6.42 Å². The molecule has 0 saturated carbocycles. The average molecular weight is 170 g/mol. The monoisotopic (exact) mass is 169 g/mol. The number of aryl methyl sites for hydroxylation is 1. The average Bonchev–Trinajstić information content (AvgIpc) is 2.04. The molecule has 0 spiro atoms. The van der Waals surface area contributed by atoms with Crippen molar-refractivity contribution in [3.05, 3.63) is 17.0 Å². The molecule has 0 aromatic carbocycles. The van der Waals surface area contributed by atoms with Gasteiger partial charge in [-0.3, -0.25) is 0 Å². The molecular formula is C7H8ClN3. The number of nitrogens with one attached hydrogen (secondary N) is 1. The molecule has 0 radical (unpaired) electrons. The van der Waals surface area contributed by atoms with Crippen molar-refractivity contribution in [1.82, 2.24) is 9.97 Å². The highest BCUT2D eigenvalue weighted by molar-refractivity contribution is 6.28. The van der Waals surface area contributed by atoms with Crippen LogP contribution in [0, 0.1) is 0 Å². The molecule has 0 fully saturated rings. The van der Waals surface area contributed by atoms with Crippen molar-refractivity contribution >= 4 is 17.4 Å². The molecule has 4 heteroatoms. The van der Waals surface area contributed by atoms with Crippen molar-refractivity contribution < 1.29 is 0 Å². The van der Waals surface area contributed by atoms with Crippen LogP contribution in [0.25, 0.3) is 0 Å². The number of hydrogen-bond acceptors (Lipinski definition) is 3. The fraction of sp³-hybridized carbons (Fsp3) is 0.429. The van der Waals surface area contributed by atoms with Gasteiger partial charge in [0.15, 0.2) is 0 Å². The smallest absolute Gasteiger partial charge is 0.224 e. The molecule has 11 heavy (non-hydrogen) atoms. The molecule has 2 rings (SSSR count). The summed E-state index contributed by atoms with van der Waals surface area (Å²) in [6.07, 6.45) is 3.99. The second-order valence-corrected chi connectivity index (χ2v) is 2.88. The van der Waals surface area contributed by atoms with E-state index in [4.69, 9.17) is 11.6 Å². The highest BCUT2D eigenvalue weighted by atomic mass is 35.5. The van der Waals surface area contributed by atoms with Gasteiger partial charge in [-0.2, -0.15) is 0 Å². The molecule has 1 aliphatic heterocycles. The third kappa shape index (κ3) is 1.28. The van der Waals surface area contributed by atoms with Gasteiger partial charge >= 0.3 is 0 Å². The first-order valence-electron chi connectivity index (χ1n) is 3.61. The fourth-order valence-electron chi connectivity index (χ4n) is 1.21. The van der Waals surface area contributed by atoms with Gasteiger partial charge < -0.3 is 5.32 Å². The van der Waals surface area contributed by atoms with E-state index in [0.29, 0.717) is 5.28 Å². The van der Waals surface area contributed by atoms with Crippen LogP contribution in [0.2, 0.25) is 5.28 Å². The Balaban J connectivity index is 2.43. The van der Waals surface area contributed by atoms with E-state index in [2.05, 4.69) is 15.3 Å². The first-order chi connectivity index (χ1) is 5.36. The molecule has 1 aromatic rings. The van der Waals surface area contributed by atoms with Crippen molar-refractivity contribution in [2.45, 2.75) is 12.8 Å². The minimum absolute atomic E-state index is 0.318. The third-order valence-electron chi connectivity index (χ3n) is 1.75. The van der Waals surface area contributed by atoms with E-state index in [0.717, 1.165) is 25.2 Å². The quantitative estimate of drug-likeness (QED) is 0.598. The van der Waals surface area contributed by atoms with Gasteiger partial charge in [0.25, 0.3) is 0 Å². The van der Waals surface area contributed by atoms with Crippen LogP contribution in [0.15, 0.2) is 6.20 Å². The first kappa shape index (κ1) is 6.85. The van der Waals surface area contributed by atoms with Gasteiger partial charge in [-0.25, -0.2) is 9.97 Å². The van der Waals surface area contributed by atoms with E-state index in [1.807, 2.05) is 0 Å². The Morgan fingerprint density at radius 3 is 3.36 bits per heavy atom. The standard InChI is InChI=1S/C7H8ClN3/c8-7-10-4-5-2-1-3-9-6(5)11-7/h4H,1-3H2,(H,9,10,11). The molecule has 1 aliphatic rings. The molecule has 1 N–H and O–H groups in total. The van der Waals surface area contributed by atoms with Crippen LogP contribution in [-0.4, -0.2) is 16.5 Å². The van der Waals surface area contributed by atoms with Crippen LogP contribution >= 0.6 is 11.6 Å². The zero-order chi connectivity index (χ0) is 7.68. The number of halogens is 1. The lowest BCUT2D eigenvalue weighted by atomic mass is 10.1. The normalized spacial score (nSPS) is 15.4. The van der Waals surface area contributed by atoms with Crippen LogP contribution in [0.3, 0.4) is 0 Å². The molecule has 0 aliphatic carbocycles. The van der Waals surface area contributed by atoms with E-state index in [-0.39, 0.29) is 0 Å². The number of aromatic nitrogens is 2. The Labute approximate surface area is 69.8 Å². The molecule has 0 atom stereocenters. The van der Waals surface area contributed by atoms with E-state index in [1.54, 1.807) is 6.20 Å². The Bertz CT molecular complexity index is 274. The van der Waals surface area contributed by atoms with Crippen LogP contribution in [0.4, 0.5) is 5.82 Å². The summed E-state index contributed by atoms with van der Waals surface area (Å²) in [6.45, 7) is 0.986. The number of anilines is 1. The second-order valence-electron chi connectivity index (χ2n) is 2.54. The lowest BCUT2D eigenvalue weighted by Gasteiger charge is -2.15. The van der Waals surface area contributed by atoms with Crippen molar-refractivity contribution in [2.75, 3.05) is 11.9 Å². The summed E-state index contributed by atoms with van der Waals surface area (Å²) in [4.78, 5) is 7.96. The minimum atomic E-state index is 0.318. The minimum Gasteiger partial charge on any atom is -0.370 e. The maximum atomic E-state index is 5.61. The summed E-state index contributed by atoms with van der Waals surface area (Å²) in [5, 5.41) is 3.49. The number of rotatable bonds is 0. The van der Waals surface area contributed by atoms with Crippen molar-refractivity contribution in [3.63, 3.8) is 0 Å². The van der Waals surface area contributed by atoms with Gasteiger partial charge in [0.05, 0.1) is 0 Å². The Kier molecular flexibility index (Phi) is 1.66. The molecular weight excluding hydrogens is 162 g/mol. The Morgan fingerprint density at radius 2 is 2.45 bits per heavy atom. The maximum Gasteiger partial charge on any atom is 0.224 e. The largest absolute Gasteiger partial charge is 0.370 e. The van der Waals surface area contributed by atoms with Gasteiger partial charge in [-0.05, 0) is 24.4 Å². The molecule has 0 unspecified atom stereocenters. The van der Waals surface area contributed by atoms with Crippen molar-refractivity contribution in [1.29, 1.82) is 0 Å². The van der Waals surface area contributed by atoms with Gasteiger partial charge in [-0.15, -0.1) is 0 Å². The Hall–Kier alpha value is -0.830. The summed E-state index contributed by atoms with van der Waals surface area (Å²) in [6, 6.07) is 0. The highest BCUT2D eigenvalue weighted by Gasteiger charge is 2.09. The summed E-state index contributed by atoms with van der Waals surface area (Å²) in [7, 11) is 0. The van der Waals surface area contributed by atoms with Gasteiger partial charge in [-0.1, -0.05) is 0 Å². The maximum absolute atomic E-state index is 5.61. The fourth-order valence-corrected chi connectivity index (χ4v) is 1.34. The lowest BCUT2D eigenvalue weighted by Crippen LogP contribution is -2.13. The number of fused-ring (bicyclic) bond motifs is 1. The summed E-state index contributed by atoms with van der Waals surface area (Å²) >= 11 is 5.61. The summed E-state index contributed by atoms with van der Waals surface area (Å²) in [5.74, 6) is 0.899. The van der Waals surface area contributed by atoms with Crippen molar-refractivity contribution in [2.24, 2.45) is 0 Å². The third-order valence-corrected chi connectivity index (χ3v) is 1.93. The van der Waals surface area contributed by atoms with E-state index in [9.17, 15) is 0 Å². The molecule has 1 aromatic heterocycles. The van der Waals surface area contributed by atoms with E-state index in [1.165, 1.54) is 5.56 Å². The SMILES string of the molecule is Clc1ncc2c(n1)NCCC2. The molecule has 3 nitrogen and oxygen atoms in total. The molecule has 0 bridgehead atoms. The predicted molar refractivity (Wildman–Crippen MR) is 43.9 cm³/mol. The van der Waals surface area contributed by atoms with Crippen LogP contribution < -0.4 is 5.32 Å². The number of nitrogens with zero attached hydrogens (tertiary/aromatic N) is 2. The molecule has 58 valence electrons. The lowest BCUT2D eigenvalue weighted by molar-refractivity contribution is 0.808. The summed E-state index contributed by atoms with van der Waals surface area (Å²) in [5.41, 5.74) is 1.17. The predicted octanol–water partition coefficient (Wildman–Crippen LogP) is 1.49. The van der Waals surface area contributed by atoms with Gasteiger partial charge in [0.1, 0.15) is 5.82 Å². The zero-order valence-corrected chi connectivity index (χ0v) is 6.73.